The largest absolute Gasteiger partial charge is 0.317 e. The molecule has 0 atom stereocenters. The Bertz CT molecular complexity index is 206. The summed E-state index contributed by atoms with van der Waals surface area (Å²) >= 11 is 2.12. The first-order valence-corrected chi connectivity index (χ1v) is 7.95. The van der Waals surface area contributed by atoms with E-state index < -0.39 is 0 Å². The molecule has 94 valence electrons. The van der Waals surface area contributed by atoms with Gasteiger partial charge in [0.1, 0.15) is 0 Å². The summed E-state index contributed by atoms with van der Waals surface area (Å²) in [7, 11) is 2.10. The number of rotatable bonds is 4. The molecule has 0 aromatic carbocycles. The lowest BCUT2D eigenvalue weighted by atomic mass is 10.0. The van der Waals surface area contributed by atoms with Crippen molar-refractivity contribution >= 4 is 11.8 Å². The van der Waals surface area contributed by atoms with Crippen molar-refractivity contribution in [1.82, 2.24) is 10.2 Å². The van der Waals surface area contributed by atoms with Crippen LogP contribution in [0.4, 0.5) is 0 Å². The summed E-state index contributed by atoms with van der Waals surface area (Å²) in [5, 5.41) is 3.41. The molecule has 1 saturated heterocycles. The summed E-state index contributed by atoms with van der Waals surface area (Å²) in [4.78, 5) is 2.70. The molecule has 1 heterocycles. The molecule has 1 aliphatic carbocycles. The van der Waals surface area contributed by atoms with Crippen molar-refractivity contribution in [2.24, 2.45) is 0 Å². The molecule has 0 unspecified atom stereocenters. The second-order valence-corrected chi connectivity index (χ2v) is 6.71. The second-order valence-electron chi connectivity index (χ2n) is 5.43. The summed E-state index contributed by atoms with van der Waals surface area (Å²) in [6.45, 7) is 3.94. The maximum absolute atomic E-state index is 3.41. The van der Waals surface area contributed by atoms with Crippen LogP contribution in [0.3, 0.4) is 0 Å². The summed E-state index contributed by atoms with van der Waals surface area (Å²) in [5.41, 5.74) is 0. The topological polar surface area (TPSA) is 15.3 Å². The predicted molar refractivity (Wildman–Crippen MR) is 73.2 cm³/mol. The first-order chi connectivity index (χ1) is 7.78. The monoisotopic (exact) mass is 242 g/mol. The number of likely N-dealkylation sites (tertiary alicyclic amines) is 1. The SMILES string of the molecule is CNC1CCN(CC2(SC)CCCC2)CC1. The van der Waals surface area contributed by atoms with Gasteiger partial charge in [0.25, 0.3) is 0 Å². The van der Waals surface area contributed by atoms with Crippen molar-refractivity contribution < 1.29 is 0 Å². The average Bonchev–Trinajstić information content (AvgIpc) is 2.79. The maximum atomic E-state index is 3.41. The average molecular weight is 242 g/mol. The van der Waals surface area contributed by atoms with Gasteiger partial charge >= 0.3 is 0 Å². The van der Waals surface area contributed by atoms with Crippen LogP contribution in [-0.4, -0.2) is 48.6 Å². The number of piperidine rings is 1. The Morgan fingerprint density at radius 1 is 1.25 bits per heavy atom. The fraction of sp³-hybridized carbons (Fsp3) is 1.00. The Balaban J connectivity index is 1.81. The molecule has 1 aliphatic heterocycles. The molecule has 3 heteroatoms. The molecule has 0 spiro atoms. The van der Waals surface area contributed by atoms with Crippen molar-refractivity contribution in [1.29, 1.82) is 0 Å². The highest BCUT2D eigenvalue weighted by Crippen LogP contribution is 2.41. The van der Waals surface area contributed by atoms with Gasteiger partial charge in [0.15, 0.2) is 0 Å². The van der Waals surface area contributed by atoms with Gasteiger partial charge < -0.3 is 10.2 Å². The Morgan fingerprint density at radius 2 is 1.88 bits per heavy atom. The van der Waals surface area contributed by atoms with Gasteiger partial charge in [-0.2, -0.15) is 11.8 Å². The molecule has 1 saturated carbocycles. The highest BCUT2D eigenvalue weighted by atomic mass is 32.2. The standard InChI is InChI=1S/C13H26N2S/c1-14-12-5-9-15(10-6-12)11-13(16-2)7-3-4-8-13/h12,14H,3-11H2,1-2H3. The lowest BCUT2D eigenvalue weighted by Gasteiger charge is -2.38. The van der Waals surface area contributed by atoms with Crippen molar-refractivity contribution in [3.8, 4) is 0 Å². The van der Waals surface area contributed by atoms with E-state index in [-0.39, 0.29) is 0 Å². The fourth-order valence-electron chi connectivity index (χ4n) is 3.23. The van der Waals surface area contributed by atoms with Gasteiger partial charge in [0, 0.05) is 17.3 Å². The van der Waals surface area contributed by atoms with E-state index in [9.17, 15) is 0 Å². The summed E-state index contributed by atoms with van der Waals surface area (Å²) in [6.07, 6.45) is 10.8. The van der Waals surface area contributed by atoms with Crippen molar-refractivity contribution in [3.63, 3.8) is 0 Å². The molecule has 1 N–H and O–H groups in total. The zero-order valence-corrected chi connectivity index (χ0v) is 11.6. The van der Waals surface area contributed by atoms with E-state index in [0.717, 1.165) is 6.04 Å². The minimum Gasteiger partial charge on any atom is -0.317 e. The lowest BCUT2D eigenvalue weighted by molar-refractivity contribution is 0.185. The van der Waals surface area contributed by atoms with E-state index in [1.807, 2.05) is 0 Å². The van der Waals surface area contributed by atoms with Gasteiger partial charge in [-0.3, -0.25) is 0 Å². The van der Waals surface area contributed by atoms with Gasteiger partial charge in [0.05, 0.1) is 0 Å². The fourth-order valence-corrected chi connectivity index (χ4v) is 4.24. The number of hydrogen-bond acceptors (Lipinski definition) is 3. The molecule has 2 rings (SSSR count). The minimum absolute atomic E-state index is 0.604. The van der Waals surface area contributed by atoms with Crippen LogP contribution in [0.1, 0.15) is 38.5 Å². The summed E-state index contributed by atoms with van der Waals surface area (Å²) in [5.74, 6) is 0. The molecule has 0 aromatic heterocycles. The van der Waals surface area contributed by atoms with Gasteiger partial charge in [-0.05, 0) is 52.1 Å². The summed E-state index contributed by atoms with van der Waals surface area (Å²) < 4.78 is 0.604. The zero-order valence-electron chi connectivity index (χ0n) is 10.8. The van der Waals surface area contributed by atoms with Crippen LogP contribution in [0.25, 0.3) is 0 Å². The van der Waals surface area contributed by atoms with E-state index in [2.05, 4.69) is 35.3 Å². The highest BCUT2D eigenvalue weighted by molar-refractivity contribution is 8.00. The molecule has 2 nitrogen and oxygen atoms in total. The van der Waals surface area contributed by atoms with Crippen LogP contribution >= 0.6 is 11.8 Å². The van der Waals surface area contributed by atoms with Crippen LogP contribution in [-0.2, 0) is 0 Å². The van der Waals surface area contributed by atoms with E-state index in [0.29, 0.717) is 4.75 Å². The van der Waals surface area contributed by atoms with Crippen LogP contribution < -0.4 is 5.32 Å². The lowest BCUT2D eigenvalue weighted by Crippen LogP contribution is -2.46. The quantitative estimate of drug-likeness (QED) is 0.815. The zero-order chi connectivity index (χ0) is 11.4. The van der Waals surface area contributed by atoms with E-state index in [1.165, 1.54) is 58.2 Å². The van der Waals surface area contributed by atoms with Crippen molar-refractivity contribution in [2.75, 3.05) is 32.9 Å². The normalized spacial score (nSPS) is 27.4. The van der Waals surface area contributed by atoms with Crippen LogP contribution in [0, 0.1) is 0 Å². The molecule has 0 aromatic rings. The molecular weight excluding hydrogens is 216 g/mol. The molecule has 0 bridgehead atoms. The summed E-state index contributed by atoms with van der Waals surface area (Å²) in [6, 6.07) is 0.769. The van der Waals surface area contributed by atoms with Gasteiger partial charge in [-0.15, -0.1) is 0 Å². The third kappa shape index (κ3) is 2.93. The molecule has 16 heavy (non-hydrogen) atoms. The predicted octanol–water partition coefficient (Wildman–Crippen LogP) is 2.35. The van der Waals surface area contributed by atoms with Crippen LogP contribution in [0.2, 0.25) is 0 Å². The second kappa shape index (κ2) is 5.74. The van der Waals surface area contributed by atoms with E-state index in [4.69, 9.17) is 0 Å². The van der Waals surface area contributed by atoms with Crippen molar-refractivity contribution in [3.05, 3.63) is 0 Å². The third-order valence-corrected chi connectivity index (χ3v) is 5.86. The van der Waals surface area contributed by atoms with Crippen LogP contribution in [0.15, 0.2) is 0 Å². The Morgan fingerprint density at radius 3 is 2.38 bits per heavy atom. The van der Waals surface area contributed by atoms with E-state index in [1.54, 1.807) is 0 Å². The van der Waals surface area contributed by atoms with E-state index >= 15 is 0 Å². The molecule has 2 aliphatic rings. The van der Waals surface area contributed by atoms with Gasteiger partial charge in [-0.25, -0.2) is 0 Å². The first kappa shape index (κ1) is 12.7. The number of nitrogens with one attached hydrogen (secondary N) is 1. The number of hydrogen-bond donors (Lipinski definition) is 1. The minimum atomic E-state index is 0.604. The molecule has 0 amide bonds. The molecular formula is C13H26N2S. The smallest absolute Gasteiger partial charge is 0.0284 e. The highest BCUT2D eigenvalue weighted by Gasteiger charge is 2.35. The maximum Gasteiger partial charge on any atom is 0.0284 e. The number of thioether (sulfide) groups is 1. The van der Waals surface area contributed by atoms with Gasteiger partial charge in [0.2, 0.25) is 0 Å². The Labute approximate surface area is 105 Å². The van der Waals surface area contributed by atoms with Crippen molar-refractivity contribution in [2.45, 2.75) is 49.3 Å². The van der Waals surface area contributed by atoms with Gasteiger partial charge in [-0.1, -0.05) is 12.8 Å². The molecule has 0 radical (unpaired) electrons. The van der Waals surface area contributed by atoms with Crippen LogP contribution in [0.5, 0.6) is 0 Å². The number of nitrogens with zero attached hydrogens (tertiary/aromatic N) is 1. The Hall–Kier alpha value is 0.270. The molecule has 2 fully saturated rings. The first-order valence-electron chi connectivity index (χ1n) is 6.73. The Kier molecular flexibility index (Phi) is 4.57. The third-order valence-electron chi connectivity index (χ3n) is 4.46.